The second-order valence-corrected chi connectivity index (χ2v) is 5.53. The van der Waals surface area contributed by atoms with Crippen LogP contribution in [0.1, 0.15) is 27.7 Å². The molecule has 0 saturated heterocycles. The Labute approximate surface area is 93.9 Å². The molecule has 0 aliphatic rings. The molecule has 1 amide bonds. The van der Waals surface area contributed by atoms with E-state index in [0.717, 1.165) is 0 Å². The van der Waals surface area contributed by atoms with Gasteiger partial charge in [0.1, 0.15) is 0 Å². The van der Waals surface area contributed by atoms with Gasteiger partial charge in [0.25, 0.3) is 0 Å². The zero-order chi connectivity index (χ0) is 11.7. The highest BCUT2D eigenvalue weighted by atomic mass is 32.1. The summed E-state index contributed by atoms with van der Waals surface area (Å²) in [6, 6.07) is 0. The summed E-state index contributed by atoms with van der Waals surface area (Å²) in [7, 11) is 0. The van der Waals surface area contributed by atoms with Crippen molar-refractivity contribution >= 4 is 22.4 Å². The highest BCUT2D eigenvalue weighted by Gasteiger charge is 2.40. The molecule has 1 heterocycles. The number of carbonyl (C=O) groups is 1. The fourth-order valence-corrected chi connectivity index (χ4v) is 1.36. The van der Waals surface area contributed by atoms with Gasteiger partial charge in [-0.05, 0) is 27.7 Å². The zero-order valence-corrected chi connectivity index (χ0v) is 10.3. The number of hydrogen-bond acceptors (Lipinski definition) is 4. The van der Waals surface area contributed by atoms with Crippen LogP contribution < -0.4 is 11.1 Å². The number of amides is 1. The first-order chi connectivity index (χ1) is 6.75. The molecular weight excluding hydrogens is 210 g/mol. The smallest absolute Gasteiger partial charge is 0.233 e. The lowest BCUT2D eigenvalue weighted by molar-refractivity contribution is -0.126. The van der Waals surface area contributed by atoms with Crippen molar-refractivity contribution in [2.45, 2.75) is 33.2 Å². The van der Waals surface area contributed by atoms with Crippen molar-refractivity contribution in [2.24, 2.45) is 11.1 Å². The normalized spacial score (nSPS) is 12.6. The molecule has 0 fully saturated rings. The van der Waals surface area contributed by atoms with Gasteiger partial charge < -0.3 is 11.1 Å². The molecule has 0 aliphatic carbocycles. The quantitative estimate of drug-likeness (QED) is 0.828. The summed E-state index contributed by atoms with van der Waals surface area (Å²) in [5.41, 5.74) is 4.75. The van der Waals surface area contributed by atoms with E-state index in [9.17, 15) is 4.79 Å². The highest BCUT2D eigenvalue weighted by Crippen LogP contribution is 2.29. The molecule has 15 heavy (non-hydrogen) atoms. The van der Waals surface area contributed by atoms with Gasteiger partial charge in [-0.2, -0.15) is 0 Å². The highest BCUT2D eigenvalue weighted by molar-refractivity contribution is 7.13. The van der Waals surface area contributed by atoms with Crippen LogP contribution in [-0.4, -0.2) is 16.4 Å². The molecule has 0 atom stereocenters. The Morgan fingerprint density at radius 1 is 1.47 bits per heavy atom. The summed E-state index contributed by atoms with van der Waals surface area (Å²) in [4.78, 5) is 16.0. The minimum atomic E-state index is -0.640. The van der Waals surface area contributed by atoms with Crippen molar-refractivity contribution in [1.29, 1.82) is 0 Å². The lowest BCUT2D eigenvalue weighted by Gasteiger charge is -2.36. The van der Waals surface area contributed by atoms with Crippen molar-refractivity contribution in [3.8, 4) is 0 Å². The van der Waals surface area contributed by atoms with E-state index >= 15 is 0 Å². The van der Waals surface area contributed by atoms with E-state index in [4.69, 9.17) is 5.73 Å². The summed E-state index contributed by atoms with van der Waals surface area (Å²) in [5.74, 6) is -0.107. The van der Waals surface area contributed by atoms with E-state index in [0.29, 0.717) is 5.13 Å². The van der Waals surface area contributed by atoms with Gasteiger partial charge in [0.05, 0.1) is 5.41 Å². The Bertz CT molecular complexity index is 338. The van der Waals surface area contributed by atoms with Crippen molar-refractivity contribution in [1.82, 2.24) is 4.98 Å². The molecule has 0 aliphatic heterocycles. The van der Waals surface area contributed by atoms with Gasteiger partial charge >= 0.3 is 0 Å². The van der Waals surface area contributed by atoms with Gasteiger partial charge in [-0.1, -0.05) is 0 Å². The fourth-order valence-electron chi connectivity index (χ4n) is 0.831. The van der Waals surface area contributed by atoms with Crippen LogP contribution >= 0.6 is 11.3 Å². The maximum atomic E-state index is 12.0. The number of nitrogens with zero attached hydrogens (tertiary/aromatic N) is 1. The molecule has 3 N–H and O–H groups in total. The van der Waals surface area contributed by atoms with E-state index in [1.807, 2.05) is 33.1 Å². The molecule has 0 saturated carbocycles. The fraction of sp³-hybridized carbons (Fsp3) is 0.600. The van der Waals surface area contributed by atoms with E-state index in [2.05, 4.69) is 10.3 Å². The number of rotatable bonds is 3. The number of anilines is 1. The Morgan fingerprint density at radius 2 is 2.07 bits per heavy atom. The summed E-state index contributed by atoms with van der Waals surface area (Å²) in [6.45, 7) is 7.34. The lowest BCUT2D eigenvalue weighted by Crippen LogP contribution is -2.53. The van der Waals surface area contributed by atoms with Gasteiger partial charge in [-0.15, -0.1) is 11.3 Å². The van der Waals surface area contributed by atoms with Crippen LogP contribution in [0.3, 0.4) is 0 Å². The molecule has 84 valence electrons. The van der Waals surface area contributed by atoms with Crippen LogP contribution in [0.2, 0.25) is 0 Å². The Hall–Kier alpha value is -0.940. The number of nitrogens with two attached hydrogens (primary N) is 1. The topological polar surface area (TPSA) is 68.0 Å². The standard InChI is InChI=1S/C10H17N3OS/c1-9(2,10(3,4)11)7(14)13-8-12-5-6-15-8/h5-6H,11H2,1-4H3,(H,12,13,14). The third-order valence-electron chi connectivity index (χ3n) is 2.83. The number of aromatic nitrogens is 1. The Morgan fingerprint density at radius 3 is 2.47 bits per heavy atom. The van der Waals surface area contributed by atoms with E-state index in [1.54, 1.807) is 6.20 Å². The summed E-state index contributed by atoms with van der Waals surface area (Å²) < 4.78 is 0. The molecule has 4 nitrogen and oxygen atoms in total. The maximum Gasteiger partial charge on any atom is 0.233 e. The second-order valence-electron chi connectivity index (χ2n) is 4.64. The van der Waals surface area contributed by atoms with Crippen molar-refractivity contribution in [3.63, 3.8) is 0 Å². The summed E-state index contributed by atoms with van der Waals surface area (Å²) >= 11 is 1.39. The van der Waals surface area contributed by atoms with Crippen LogP contribution in [0.5, 0.6) is 0 Å². The number of thiazole rings is 1. The summed E-state index contributed by atoms with van der Waals surface area (Å²) in [6.07, 6.45) is 1.65. The Balaban J connectivity index is 2.77. The number of carbonyl (C=O) groups excluding carboxylic acids is 1. The molecular formula is C10H17N3OS. The lowest BCUT2D eigenvalue weighted by atomic mass is 9.74. The van der Waals surface area contributed by atoms with Crippen molar-refractivity contribution in [3.05, 3.63) is 11.6 Å². The monoisotopic (exact) mass is 227 g/mol. The van der Waals surface area contributed by atoms with Gasteiger partial charge in [0.2, 0.25) is 5.91 Å². The molecule has 1 aromatic rings. The first-order valence-electron chi connectivity index (χ1n) is 4.75. The molecule has 0 aromatic carbocycles. The number of hydrogen-bond donors (Lipinski definition) is 2. The minimum absolute atomic E-state index is 0.107. The van der Waals surface area contributed by atoms with Crippen molar-refractivity contribution < 1.29 is 4.79 Å². The molecule has 5 heteroatoms. The molecule has 0 bridgehead atoms. The van der Waals surface area contributed by atoms with Gasteiger partial charge in [0.15, 0.2) is 5.13 Å². The molecule has 0 unspecified atom stereocenters. The molecule has 1 aromatic heterocycles. The van der Waals surface area contributed by atoms with Crippen molar-refractivity contribution in [2.75, 3.05) is 5.32 Å². The molecule has 1 rings (SSSR count). The zero-order valence-electron chi connectivity index (χ0n) is 9.50. The second kappa shape index (κ2) is 3.90. The average Bonchev–Trinajstić information content (AvgIpc) is 2.54. The third-order valence-corrected chi connectivity index (χ3v) is 3.52. The predicted molar refractivity (Wildman–Crippen MR) is 62.8 cm³/mol. The van der Waals surface area contributed by atoms with E-state index < -0.39 is 11.0 Å². The SMILES string of the molecule is CC(C)(N)C(C)(C)C(=O)Nc1nccs1. The van der Waals surface area contributed by atoms with E-state index in [1.165, 1.54) is 11.3 Å². The first-order valence-corrected chi connectivity index (χ1v) is 5.63. The molecule has 0 radical (unpaired) electrons. The third kappa shape index (κ3) is 2.54. The summed E-state index contributed by atoms with van der Waals surface area (Å²) in [5, 5.41) is 5.18. The van der Waals surface area contributed by atoms with Crippen LogP contribution in [0.15, 0.2) is 11.6 Å². The van der Waals surface area contributed by atoms with Crippen LogP contribution in [0.4, 0.5) is 5.13 Å². The largest absolute Gasteiger partial charge is 0.325 e. The van der Waals surface area contributed by atoms with Crippen LogP contribution in [0, 0.1) is 5.41 Å². The van der Waals surface area contributed by atoms with Crippen LogP contribution in [0.25, 0.3) is 0 Å². The van der Waals surface area contributed by atoms with Gasteiger partial charge in [-0.3, -0.25) is 4.79 Å². The predicted octanol–water partition coefficient (Wildman–Crippen LogP) is 1.85. The van der Waals surface area contributed by atoms with Gasteiger partial charge in [-0.25, -0.2) is 4.98 Å². The molecule has 0 spiro atoms. The minimum Gasteiger partial charge on any atom is -0.325 e. The maximum absolute atomic E-state index is 12.0. The average molecular weight is 227 g/mol. The Kier molecular flexibility index (Phi) is 3.16. The number of nitrogens with one attached hydrogen (secondary N) is 1. The van der Waals surface area contributed by atoms with E-state index in [-0.39, 0.29) is 5.91 Å². The first kappa shape index (κ1) is 12.1. The van der Waals surface area contributed by atoms with Crippen LogP contribution in [-0.2, 0) is 4.79 Å². The van der Waals surface area contributed by atoms with Gasteiger partial charge in [0, 0.05) is 17.1 Å².